The first-order chi connectivity index (χ1) is 8.98. The molecule has 0 saturated carbocycles. The summed E-state index contributed by atoms with van der Waals surface area (Å²) in [5.41, 5.74) is 1.06. The van der Waals surface area contributed by atoms with Crippen molar-refractivity contribution in [1.29, 1.82) is 5.26 Å². The molecule has 98 valence electrons. The molecule has 0 spiro atoms. The molecule has 0 radical (unpaired) electrons. The Morgan fingerprint density at radius 2 is 2.21 bits per heavy atom. The minimum atomic E-state index is -3.69. The predicted molar refractivity (Wildman–Crippen MR) is 63.5 cm³/mol. The van der Waals surface area contributed by atoms with Crippen LogP contribution in [0.15, 0.2) is 42.6 Å². The van der Waals surface area contributed by atoms with Gasteiger partial charge in [-0.05, 0) is 6.92 Å². The third-order valence-corrected chi connectivity index (χ3v) is 2.50. The molecule has 1 aromatic rings. The summed E-state index contributed by atoms with van der Waals surface area (Å²) >= 11 is 0. The fraction of sp³-hybridized carbons (Fsp3) is 0.154. The molecule has 0 amide bonds. The lowest BCUT2D eigenvalue weighted by Gasteiger charge is -2.10. The van der Waals surface area contributed by atoms with Crippen molar-refractivity contribution >= 4 is 5.57 Å². The Morgan fingerprint density at radius 1 is 1.47 bits per heavy atom. The summed E-state index contributed by atoms with van der Waals surface area (Å²) in [6.45, 7) is 4.89. The number of hydrogen-bond donors (Lipinski definition) is 1. The van der Waals surface area contributed by atoms with Gasteiger partial charge in [-0.15, -0.1) is 8.78 Å². The fourth-order valence-corrected chi connectivity index (χ4v) is 1.77. The Balaban J connectivity index is 2.50. The number of allylic oxidation sites excluding steroid dienone is 4. The summed E-state index contributed by atoms with van der Waals surface area (Å²) in [6.07, 6.45) is 2.20. The molecule has 4 nitrogen and oxygen atoms in total. The van der Waals surface area contributed by atoms with Gasteiger partial charge < -0.3 is 14.5 Å². The molecule has 0 unspecified atom stereocenters. The van der Waals surface area contributed by atoms with Crippen molar-refractivity contribution in [1.82, 2.24) is 4.98 Å². The molecule has 0 atom stereocenters. The lowest BCUT2D eigenvalue weighted by atomic mass is 10.0. The maximum absolute atomic E-state index is 13.1. The van der Waals surface area contributed by atoms with Crippen molar-refractivity contribution in [2.45, 2.75) is 13.2 Å². The van der Waals surface area contributed by atoms with Crippen LogP contribution in [0.25, 0.3) is 5.57 Å². The van der Waals surface area contributed by atoms with Crippen molar-refractivity contribution in [2.75, 3.05) is 0 Å². The van der Waals surface area contributed by atoms with E-state index in [-0.39, 0.29) is 11.5 Å². The number of nitrogens with one attached hydrogen (secondary N) is 1. The van der Waals surface area contributed by atoms with E-state index in [4.69, 9.17) is 5.26 Å². The lowest BCUT2D eigenvalue weighted by molar-refractivity contribution is -0.335. The van der Waals surface area contributed by atoms with E-state index in [2.05, 4.69) is 21.0 Å². The van der Waals surface area contributed by atoms with Crippen molar-refractivity contribution in [3.05, 3.63) is 53.8 Å². The van der Waals surface area contributed by atoms with Gasteiger partial charge in [-0.25, -0.2) is 0 Å². The van der Waals surface area contributed by atoms with E-state index >= 15 is 0 Å². The van der Waals surface area contributed by atoms with Crippen LogP contribution in [0.5, 0.6) is 0 Å². The van der Waals surface area contributed by atoms with Gasteiger partial charge in [0.25, 0.3) is 0 Å². The Hall–Kier alpha value is -2.55. The molecule has 0 bridgehead atoms. The Kier molecular flexibility index (Phi) is 3.13. The topological polar surface area (TPSA) is 58.0 Å². The highest BCUT2D eigenvalue weighted by Gasteiger charge is 2.44. The van der Waals surface area contributed by atoms with Crippen molar-refractivity contribution in [3.63, 3.8) is 0 Å². The molecule has 0 saturated heterocycles. The molecule has 19 heavy (non-hydrogen) atoms. The first kappa shape index (κ1) is 12.9. The predicted octanol–water partition coefficient (Wildman–Crippen LogP) is 3.28. The fourth-order valence-electron chi connectivity index (χ4n) is 1.77. The van der Waals surface area contributed by atoms with Crippen LogP contribution in [-0.2, 0) is 9.47 Å². The van der Waals surface area contributed by atoms with Gasteiger partial charge in [-0.3, -0.25) is 0 Å². The Labute approximate surface area is 108 Å². The van der Waals surface area contributed by atoms with E-state index in [0.717, 1.165) is 0 Å². The van der Waals surface area contributed by atoms with Crippen LogP contribution in [0.2, 0.25) is 0 Å². The van der Waals surface area contributed by atoms with Gasteiger partial charge in [0.15, 0.2) is 5.76 Å². The van der Waals surface area contributed by atoms with Crippen LogP contribution in [0.1, 0.15) is 18.1 Å². The van der Waals surface area contributed by atoms with Gasteiger partial charge in [-0.1, -0.05) is 18.7 Å². The number of halogens is 2. The number of rotatable bonds is 3. The van der Waals surface area contributed by atoms with Crippen LogP contribution < -0.4 is 0 Å². The Morgan fingerprint density at radius 3 is 2.74 bits per heavy atom. The molecular formula is C13H10F2N2O2. The molecule has 2 heterocycles. The van der Waals surface area contributed by atoms with E-state index in [1.165, 1.54) is 31.5 Å². The molecule has 0 aliphatic carbocycles. The van der Waals surface area contributed by atoms with Gasteiger partial charge in [0.1, 0.15) is 11.8 Å². The van der Waals surface area contributed by atoms with Crippen molar-refractivity contribution < 1.29 is 18.3 Å². The summed E-state index contributed by atoms with van der Waals surface area (Å²) in [6, 6.07) is 1.96. The van der Waals surface area contributed by atoms with Crippen LogP contribution in [0, 0.1) is 11.3 Å². The summed E-state index contributed by atoms with van der Waals surface area (Å²) in [7, 11) is 0. The molecule has 0 fully saturated rings. The van der Waals surface area contributed by atoms with Crippen molar-refractivity contribution in [3.8, 4) is 6.07 Å². The summed E-state index contributed by atoms with van der Waals surface area (Å²) in [5.74, 6) is -0.163. The van der Waals surface area contributed by atoms with Crippen LogP contribution in [-0.4, -0.2) is 11.3 Å². The van der Waals surface area contributed by atoms with E-state index < -0.39 is 6.29 Å². The van der Waals surface area contributed by atoms with Crippen LogP contribution in [0.4, 0.5) is 8.78 Å². The smallest absolute Gasteiger partial charge is 0.400 e. The highest BCUT2D eigenvalue weighted by molar-refractivity contribution is 5.81. The van der Waals surface area contributed by atoms with E-state index in [0.29, 0.717) is 16.7 Å². The van der Waals surface area contributed by atoms with Crippen LogP contribution >= 0.6 is 0 Å². The van der Waals surface area contributed by atoms with Gasteiger partial charge >= 0.3 is 6.29 Å². The summed E-state index contributed by atoms with van der Waals surface area (Å²) in [5, 5.41) is 8.98. The number of ether oxygens (including phenoxy) is 2. The summed E-state index contributed by atoms with van der Waals surface area (Å²) in [4.78, 5) is 2.74. The van der Waals surface area contributed by atoms with E-state index in [1.54, 1.807) is 0 Å². The van der Waals surface area contributed by atoms with Crippen LogP contribution in [0.3, 0.4) is 0 Å². The number of aromatic nitrogens is 1. The average molecular weight is 264 g/mol. The molecule has 1 aliphatic heterocycles. The number of alkyl halides is 2. The van der Waals surface area contributed by atoms with Gasteiger partial charge in [0.05, 0.1) is 5.56 Å². The number of aromatic amines is 1. The summed E-state index contributed by atoms with van der Waals surface area (Å²) < 4.78 is 34.9. The minimum absolute atomic E-state index is 0.0526. The standard InChI is InChI=1S/C13H10F2N2O2/c1-3-4-10(11-7-17-6-9(11)5-16)12-8(2)18-13(14,15)19-12/h3-4,6-7,17H,1H2,2H3/b10-4-. The first-order valence-electron chi connectivity index (χ1n) is 5.35. The van der Waals surface area contributed by atoms with E-state index in [9.17, 15) is 8.78 Å². The maximum atomic E-state index is 13.1. The first-order valence-corrected chi connectivity index (χ1v) is 5.35. The zero-order valence-corrected chi connectivity index (χ0v) is 10.0. The molecule has 6 heteroatoms. The normalized spacial score (nSPS) is 17.7. The largest absolute Gasteiger partial charge is 0.585 e. The number of nitriles is 1. The third kappa shape index (κ3) is 2.36. The minimum Gasteiger partial charge on any atom is -0.400 e. The SMILES string of the molecule is C=C/C=C(\C1=C(C)OC(F)(F)O1)c1c[nH]cc1C#N. The zero-order valence-electron chi connectivity index (χ0n) is 10.0. The van der Waals surface area contributed by atoms with Crippen molar-refractivity contribution in [2.24, 2.45) is 0 Å². The highest BCUT2D eigenvalue weighted by Crippen LogP contribution is 2.40. The molecule has 2 rings (SSSR count). The zero-order chi connectivity index (χ0) is 14.0. The molecule has 0 aromatic carbocycles. The lowest BCUT2D eigenvalue weighted by Crippen LogP contribution is -2.16. The second-order valence-corrected chi connectivity index (χ2v) is 3.76. The molecular weight excluding hydrogens is 254 g/mol. The number of hydrogen-bond acceptors (Lipinski definition) is 3. The van der Waals surface area contributed by atoms with Gasteiger partial charge in [-0.2, -0.15) is 5.26 Å². The number of nitrogens with zero attached hydrogens (tertiary/aromatic N) is 1. The molecule has 1 N–H and O–H groups in total. The molecule has 1 aliphatic rings. The van der Waals surface area contributed by atoms with Gasteiger partial charge in [0.2, 0.25) is 0 Å². The second kappa shape index (κ2) is 4.61. The maximum Gasteiger partial charge on any atom is 0.585 e. The Bertz CT molecular complexity index is 621. The van der Waals surface area contributed by atoms with E-state index in [1.807, 2.05) is 6.07 Å². The average Bonchev–Trinajstić information content (AvgIpc) is 2.90. The highest BCUT2D eigenvalue weighted by atomic mass is 19.3. The second-order valence-electron chi connectivity index (χ2n) is 3.76. The quantitative estimate of drug-likeness (QED) is 0.852. The third-order valence-electron chi connectivity index (χ3n) is 2.50. The molecule has 1 aromatic heterocycles. The monoisotopic (exact) mass is 264 g/mol. The number of H-pyrrole nitrogens is 1. The van der Waals surface area contributed by atoms with Gasteiger partial charge in [0, 0.05) is 23.5 Å².